The molecule has 0 aliphatic heterocycles. The van der Waals surface area contributed by atoms with Gasteiger partial charge in [-0.25, -0.2) is 18.1 Å². The lowest BCUT2D eigenvalue weighted by Gasteiger charge is -2.08. The van der Waals surface area contributed by atoms with Crippen LogP contribution in [0.3, 0.4) is 0 Å². The number of nitrogens with one attached hydrogen (secondary N) is 3. The molecule has 5 N–H and O–H groups in total. The molecule has 0 atom stereocenters. The molecule has 0 saturated carbocycles. The highest BCUT2D eigenvalue weighted by Crippen LogP contribution is 2.18. The molecule has 2 aromatic rings. The summed E-state index contributed by atoms with van der Waals surface area (Å²) in [4.78, 5) is 8.06. The van der Waals surface area contributed by atoms with E-state index in [1.807, 2.05) is 20.2 Å². The summed E-state index contributed by atoms with van der Waals surface area (Å²) in [7, 11) is 0.269. The van der Waals surface area contributed by atoms with Crippen LogP contribution < -0.4 is 21.1 Å². The molecule has 0 aliphatic carbocycles. The van der Waals surface area contributed by atoms with Gasteiger partial charge in [0.2, 0.25) is 16.0 Å². The maximum atomic E-state index is 11.8. The molecule has 1 aromatic carbocycles. The van der Waals surface area contributed by atoms with Crippen molar-refractivity contribution in [1.82, 2.24) is 20.0 Å². The van der Waals surface area contributed by atoms with E-state index in [0.29, 0.717) is 12.2 Å². The number of benzene rings is 1. The topological polar surface area (TPSA) is 146 Å². The van der Waals surface area contributed by atoms with Crippen LogP contribution in [-0.2, 0) is 10.0 Å². The Kier molecular flexibility index (Phi) is 7.74. The second-order valence-electron chi connectivity index (χ2n) is 4.76. The van der Waals surface area contributed by atoms with E-state index in [0.717, 1.165) is 0 Å². The van der Waals surface area contributed by atoms with Crippen molar-refractivity contribution in [3.05, 3.63) is 36.0 Å². The van der Waals surface area contributed by atoms with Gasteiger partial charge in [-0.1, -0.05) is 6.92 Å². The second-order valence-corrected chi connectivity index (χ2v) is 6.52. The molecular weight excluding hydrogens is 342 g/mol. The maximum absolute atomic E-state index is 11.8. The number of nitriles is 1. The Morgan fingerprint density at radius 3 is 2.32 bits per heavy atom. The second kappa shape index (κ2) is 9.53. The molecule has 1 aromatic heterocycles. The van der Waals surface area contributed by atoms with Crippen LogP contribution in [0.5, 0.6) is 0 Å². The van der Waals surface area contributed by atoms with E-state index in [1.54, 1.807) is 19.1 Å². The molecule has 0 spiro atoms. The summed E-state index contributed by atoms with van der Waals surface area (Å²) in [5, 5.41) is 14.4. The predicted molar refractivity (Wildman–Crippen MR) is 96.7 cm³/mol. The summed E-state index contributed by atoms with van der Waals surface area (Å²) in [6.07, 6.45) is 1.31. The van der Waals surface area contributed by atoms with E-state index in [9.17, 15) is 8.42 Å². The quantitative estimate of drug-likeness (QED) is 0.610. The van der Waals surface area contributed by atoms with Crippen molar-refractivity contribution in [3.63, 3.8) is 0 Å². The van der Waals surface area contributed by atoms with Crippen molar-refractivity contribution < 1.29 is 8.42 Å². The van der Waals surface area contributed by atoms with Crippen LogP contribution >= 0.6 is 0 Å². The molecule has 0 fully saturated rings. The van der Waals surface area contributed by atoms with Crippen molar-refractivity contribution in [2.75, 3.05) is 31.7 Å². The molecule has 0 radical (unpaired) electrons. The molecule has 10 heteroatoms. The zero-order chi connectivity index (χ0) is 18.9. The number of anilines is 3. The highest BCUT2D eigenvalue weighted by Gasteiger charge is 2.12. The lowest BCUT2D eigenvalue weighted by atomic mass is 10.3. The molecule has 0 unspecified atom stereocenters. The van der Waals surface area contributed by atoms with Crippen LogP contribution in [0.25, 0.3) is 0 Å². The van der Waals surface area contributed by atoms with Gasteiger partial charge >= 0.3 is 0 Å². The first kappa shape index (κ1) is 20.3. The fraction of sp³-hybridized carbons (Fsp3) is 0.267. The van der Waals surface area contributed by atoms with Gasteiger partial charge in [0.1, 0.15) is 17.5 Å². The van der Waals surface area contributed by atoms with Gasteiger partial charge in [0.05, 0.1) is 11.1 Å². The number of sulfonamides is 1. The minimum absolute atomic E-state index is 0.0753. The fourth-order valence-corrected chi connectivity index (χ4v) is 2.70. The number of nitrogens with zero attached hydrogens (tertiary/aromatic N) is 3. The third-order valence-corrected chi connectivity index (χ3v) is 4.26. The zero-order valence-electron chi connectivity index (χ0n) is 14.2. The zero-order valence-corrected chi connectivity index (χ0v) is 15.1. The third-order valence-electron chi connectivity index (χ3n) is 2.69. The maximum Gasteiger partial charge on any atom is 0.240 e. The Balaban J connectivity index is 0.000000970. The number of nitrogens with two attached hydrogens (primary N) is 1. The smallest absolute Gasteiger partial charge is 0.240 e. The highest BCUT2D eigenvalue weighted by atomic mass is 32.2. The largest absolute Gasteiger partial charge is 0.382 e. The highest BCUT2D eigenvalue weighted by molar-refractivity contribution is 7.89. The fourth-order valence-electron chi connectivity index (χ4n) is 1.66. The van der Waals surface area contributed by atoms with E-state index >= 15 is 0 Å². The standard InChI is InChI=1S/C13H14N6O2S.C2H7N/c1-2-17-22(20,21)11-5-3-10(4-6-11)18-13-16-8-9(7-14)12(15)19-13;1-3-2/h3-6,8,17H,2H2,1H3,(H3,15,16,18,19);3H,1-2H3. The van der Waals surface area contributed by atoms with Gasteiger partial charge in [-0.15, -0.1) is 0 Å². The summed E-state index contributed by atoms with van der Waals surface area (Å²) in [5.74, 6) is 0.296. The lowest BCUT2D eigenvalue weighted by molar-refractivity contribution is 0.584. The SMILES string of the molecule is CCNS(=O)(=O)c1ccc(Nc2ncc(C#N)c(N)n2)cc1.CNC. The van der Waals surface area contributed by atoms with E-state index in [-0.39, 0.29) is 22.2 Å². The summed E-state index contributed by atoms with van der Waals surface area (Å²) >= 11 is 0. The molecule has 1 heterocycles. The first-order chi connectivity index (χ1) is 11.9. The van der Waals surface area contributed by atoms with Crippen molar-refractivity contribution in [2.45, 2.75) is 11.8 Å². The van der Waals surface area contributed by atoms with Crippen LogP contribution in [0, 0.1) is 11.3 Å². The Morgan fingerprint density at radius 1 is 1.24 bits per heavy atom. The number of hydrogen-bond donors (Lipinski definition) is 4. The first-order valence-electron chi connectivity index (χ1n) is 7.35. The van der Waals surface area contributed by atoms with E-state index in [4.69, 9.17) is 11.0 Å². The summed E-state index contributed by atoms with van der Waals surface area (Å²) in [6, 6.07) is 7.97. The normalized spacial score (nSPS) is 10.3. The van der Waals surface area contributed by atoms with Gasteiger partial charge in [0.15, 0.2) is 0 Å². The monoisotopic (exact) mass is 363 g/mol. The molecule has 134 valence electrons. The number of hydrogen-bond acceptors (Lipinski definition) is 8. The van der Waals surface area contributed by atoms with Gasteiger partial charge < -0.3 is 16.4 Å². The van der Waals surface area contributed by atoms with Crippen LogP contribution in [0.1, 0.15) is 12.5 Å². The average Bonchev–Trinajstić information content (AvgIpc) is 2.56. The molecule has 0 saturated heterocycles. The number of aromatic nitrogens is 2. The van der Waals surface area contributed by atoms with Crippen LogP contribution in [0.15, 0.2) is 35.4 Å². The minimum atomic E-state index is -3.48. The molecule has 0 aliphatic rings. The average molecular weight is 363 g/mol. The molecule has 0 amide bonds. The van der Waals surface area contributed by atoms with E-state index in [1.165, 1.54) is 18.3 Å². The van der Waals surface area contributed by atoms with Crippen molar-refractivity contribution in [1.29, 1.82) is 5.26 Å². The van der Waals surface area contributed by atoms with Crippen LogP contribution in [-0.4, -0.2) is 39.0 Å². The molecule has 2 rings (SSSR count). The van der Waals surface area contributed by atoms with E-state index < -0.39 is 10.0 Å². The van der Waals surface area contributed by atoms with Gasteiger partial charge in [0.25, 0.3) is 0 Å². The molecule has 9 nitrogen and oxygen atoms in total. The van der Waals surface area contributed by atoms with Gasteiger partial charge in [0, 0.05) is 12.2 Å². The number of nitrogen functional groups attached to an aromatic ring is 1. The first-order valence-corrected chi connectivity index (χ1v) is 8.84. The van der Waals surface area contributed by atoms with Crippen LogP contribution in [0.4, 0.5) is 17.5 Å². The Hall–Kier alpha value is -2.74. The summed E-state index contributed by atoms with van der Waals surface area (Å²) in [6.45, 7) is 2.03. The minimum Gasteiger partial charge on any atom is -0.382 e. The third kappa shape index (κ3) is 6.00. The molecule has 25 heavy (non-hydrogen) atoms. The van der Waals surface area contributed by atoms with Crippen molar-refractivity contribution >= 4 is 27.5 Å². The van der Waals surface area contributed by atoms with Crippen molar-refractivity contribution in [3.8, 4) is 6.07 Å². The summed E-state index contributed by atoms with van der Waals surface area (Å²) < 4.78 is 26.0. The van der Waals surface area contributed by atoms with Crippen LogP contribution in [0.2, 0.25) is 0 Å². The Morgan fingerprint density at radius 2 is 1.84 bits per heavy atom. The van der Waals surface area contributed by atoms with Crippen molar-refractivity contribution in [2.24, 2.45) is 0 Å². The molecule has 0 bridgehead atoms. The predicted octanol–water partition coefficient (Wildman–Crippen LogP) is 0.808. The molecular formula is C15H21N7O2S. The Bertz CT molecular complexity index is 830. The van der Waals surface area contributed by atoms with Gasteiger partial charge in [-0.05, 0) is 38.4 Å². The van der Waals surface area contributed by atoms with Gasteiger partial charge in [-0.3, -0.25) is 0 Å². The van der Waals surface area contributed by atoms with Gasteiger partial charge in [-0.2, -0.15) is 10.2 Å². The Labute approximate surface area is 147 Å². The summed E-state index contributed by atoms with van der Waals surface area (Å²) in [5.41, 5.74) is 6.39. The van der Waals surface area contributed by atoms with E-state index in [2.05, 4.69) is 25.3 Å². The number of rotatable bonds is 5. The lowest BCUT2D eigenvalue weighted by Crippen LogP contribution is -2.22.